The molecule has 1 saturated heterocycles. The Morgan fingerprint density at radius 2 is 1.83 bits per heavy atom. The van der Waals surface area contributed by atoms with Crippen LogP contribution >= 0.6 is 0 Å². The van der Waals surface area contributed by atoms with Crippen LogP contribution in [0.1, 0.15) is 23.2 Å². The Morgan fingerprint density at radius 1 is 1.11 bits per heavy atom. The van der Waals surface area contributed by atoms with Crippen molar-refractivity contribution in [2.45, 2.75) is 12.8 Å². The number of aromatic hydroxyl groups is 1. The largest absolute Gasteiger partial charge is 0.507 e. The maximum atomic E-state index is 11.1. The highest BCUT2D eigenvalue weighted by Gasteiger charge is 2.14. The zero-order chi connectivity index (χ0) is 12.5. The fraction of sp³-hybridized carbons (Fsp3) is 0.267. The van der Waals surface area contributed by atoms with E-state index >= 15 is 0 Å². The number of phenolic OH excluding ortho intramolecular Hbond substituents is 1. The second kappa shape index (κ2) is 4.33. The quantitative estimate of drug-likeness (QED) is 0.822. The summed E-state index contributed by atoms with van der Waals surface area (Å²) in [7, 11) is 0. The Morgan fingerprint density at radius 3 is 2.56 bits per heavy atom. The van der Waals surface area contributed by atoms with Crippen LogP contribution < -0.4 is 4.90 Å². The predicted octanol–water partition coefficient (Wildman–Crippen LogP) is 2.96. The van der Waals surface area contributed by atoms with Gasteiger partial charge in [0.15, 0.2) is 6.29 Å². The summed E-state index contributed by atoms with van der Waals surface area (Å²) in [5.74, 6) is 0.0519. The smallest absolute Gasteiger partial charge is 0.154 e. The minimum absolute atomic E-state index is 0.0519. The van der Waals surface area contributed by atoms with E-state index in [1.54, 1.807) is 6.07 Å². The average Bonchev–Trinajstić information content (AvgIpc) is 2.92. The zero-order valence-electron chi connectivity index (χ0n) is 10.1. The van der Waals surface area contributed by atoms with E-state index in [1.807, 2.05) is 18.2 Å². The van der Waals surface area contributed by atoms with E-state index in [9.17, 15) is 9.90 Å². The molecule has 0 bridgehead atoms. The minimum Gasteiger partial charge on any atom is -0.507 e. The van der Waals surface area contributed by atoms with Crippen LogP contribution in [-0.2, 0) is 0 Å². The number of benzene rings is 2. The van der Waals surface area contributed by atoms with Gasteiger partial charge in [-0.15, -0.1) is 0 Å². The molecule has 0 aromatic heterocycles. The molecular weight excluding hydrogens is 226 g/mol. The summed E-state index contributed by atoms with van der Waals surface area (Å²) < 4.78 is 0. The van der Waals surface area contributed by atoms with Gasteiger partial charge in [0.25, 0.3) is 0 Å². The maximum absolute atomic E-state index is 11.1. The van der Waals surface area contributed by atoms with Crippen molar-refractivity contribution in [2.24, 2.45) is 0 Å². The number of hydrogen-bond acceptors (Lipinski definition) is 3. The number of carbonyl (C=O) groups excluding carboxylic acids is 1. The molecule has 1 aliphatic rings. The third kappa shape index (κ3) is 1.72. The zero-order valence-corrected chi connectivity index (χ0v) is 10.1. The predicted molar refractivity (Wildman–Crippen MR) is 72.4 cm³/mol. The first-order chi connectivity index (χ1) is 8.79. The van der Waals surface area contributed by atoms with Crippen molar-refractivity contribution in [3.05, 3.63) is 35.9 Å². The van der Waals surface area contributed by atoms with E-state index in [-0.39, 0.29) is 5.75 Å². The monoisotopic (exact) mass is 241 g/mol. The summed E-state index contributed by atoms with van der Waals surface area (Å²) in [5.41, 5.74) is 1.52. The normalized spacial score (nSPS) is 15.2. The highest BCUT2D eigenvalue weighted by atomic mass is 16.3. The Kier molecular flexibility index (Phi) is 2.67. The molecule has 92 valence electrons. The van der Waals surface area contributed by atoms with Crippen LogP contribution in [0.4, 0.5) is 5.69 Å². The Bertz CT molecular complexity index is 601. The summed E-state index contributed by atoms with van der Waals surface area (Å²) in [6.07, 6.45) is 3.17. The van der Waals surface area contributed by atoms with Crippen LogP contribution in [0.5, 0.6) is 5.75 Å². The average molecular weight is 241 g/mol. The van der Waals surface area contributed by atoms with Crippen LogP contribution in [0.15, 0.2) is 30.3 Å². The number of aldehydes is 1. The number of nitrogens with zero attached hydrogens (tertiary/aromatic N) is 1. The van der Waals surface area contributed by atoms with Gasteiger partial charge in [-0.25, -0.2) is 0 Å². The number of phenols is 1. The van der Waals surface area contributed by atoms with E-state index in [0.717, 1.165) is 35.8 Å². The molecule has 0 unspecified atom stereocenters. The first-order valence-corrected chi connectivity index (χ1v) is 6.25. The fourth-order valence-corrected chi connectivity index (χ4v) is 2.62. The van der Waals surface area contributed by atoms with Crippen molar-refractivity contribution >= 4 is 22.7 Å². The minimum atomic E-state index is 0.0519. The molecule has 0 aliphatic carbocycles. The molecule has 3 rings (SSSR count). The van der Waals surface area contributed by atoms with E-state index in [4.69, 9.17) is 0 Å². The van der Waals surface area contributed by atoms with Gasteiger partial charge in [-0.05, 0) is 41.8 Å². The van der Waals surface area contributed by atoms with Crippen molar-refractivity contribution in [3.63, 3.8) is 0 Å². The van der Waals surface area contributed by atoms with E-state index in [2.05, 4.69) is 11.0 Å². The molecule has 1 heterocycles. The van der Waals surface area contributed by atoms with Gasteiger partial charge in [-0.3, -0.25) is 4.79 Å². The molecule has 2 aromatic carbocycles. The molecular formula is C15H15NO2. The Balaban J connectivity index is 2.17. The lowest BCUT2D eigenvalue weighted by molar-refractivity contribution is 0.112. The molecule has 0 radical (unpaired) electrons. The number of fused-ring (bicyclic) bond motifs is 1. The molecule has 0 atom stereocenters. The van der Waals surface area contributed by atoms with Crippen molar-refractivity contribution < 1.29 is 9.90 Å². The summed E-state index contributed by atoms with van der Waals surface area (Å²) in [6.45, 7) is 2.14. The van der Waals surface area contributed by atoms with Crippen LogP contribution in [0, 0.1) is 0 Å². The van der Waals surface area contributed by atoms with Crippen molar-refractivity contribution in [3.8, 4) is 5.75 Å². The molecule has 1 aliphatic heterocycles. The number of carbonyl (C=O) groups is 1. The first-order valence-electron chi connectivity index (χ1n) is 6.25. The van der Waals surface area contributed by atoms with Gasteiger partial charge in [-0.2, -0.15) is 0 Å². The molecule has 0 amide bonds. The van der Waals surface area contributed by atoms with Gasteiger partial charge in [-0.1, -0.05) is 12.1 Å². The van der Waals surface area contributed by atoms with E-state index in [0.29, 0.717) is 5.56 Å². The van der Waals surface area contributed by atoms with Crippen molar-refractivity contribution in [1.82, 2.24) is 0 Å². The van der Waals surface area contributed by atoms with Crippen molar-refractivity contribution in [1.29, 1.82) is 0 Å². The number of hydrogen-bond donors (Lipinski definition) is 1. The SMILES string of the molecule is O=Cc1c(O)ccc2ccc(N3CCCC3)cc12. The molecule has 3 heteroatoms. The fourth-order valence-electron chi connectivity index (χ4n) is 2.62. The standard InChI is InChI=1S/C15H15NO2/c17-10-14-13-9-12(16-7-1-2-8-16)5-3-11(13)4-6-15(14)18/h3-6,9-10,18H,1-2,7-8H2. The molecule has 3 nitrogen and oxygen atoms in total. The molecule has 1 N–H and O–H groups in total. The van der Waals surface area contributed by atoms with Gasteiger partial charge in [0.2, 0.25) is 0 Å². The molecule has 2 aromatic rings. The summed E-state index contributed by atoms with van der Waals surface area (Å²) in [5, 5.41) is 11.5. The van der Waals surface area contributed by atoms with E-state index in [1.165, 1.54) is 12.8 Å². The van der Waals surface area contributed by atoms with Gasteiger partial charge in [0, 0.05) is 18.8 Å². The van der Waals surface area contributed by atoms with E-state index < -0.39 is 0 Å². The van der Waals surface area contributed by atoms with Crippen LogP contribution in [0.2, 0.25) is 0 Å². The van der Waals surface area contributed by atoms with Gasteiger partial charge < -0.3 is 10.0 Å². The van der Waals surface area contributed by atoms with Gasteiger partial charge in [0.05, 0.1) is 5.56 Å². The molecule has 1 fully saturated rings. The van der Waals surface area contributed by atoms with Crippen molar-refractivity contribution in [2.75, 3.05) is 18.0 Å². The lowest BCUT2D eigenvalue weighted by atomic mass is 10.0. The summed E-state index contributed by atoms with van der Waals surface area (Å²) in [6, 6.07) is 9.51. The molecule has 18 heavy (non-hydrogen) atoms. The third-order valence-corrected chi connectivity index (χ3v) is 3.61. The topological polar surface area (TPSA) is 40.5 Å². The maximum Gasteiger partial charge on any atom is 0.154 e. The van der Waals surface area contributed by atoms with Gasteiger partial charge >= 0.3 is 0 Å². The number of rotatable bonds is 2. The van der Waals surface area contributed by atoms with Crippen LogP contribution in [-0.4, -0.2) is 24.5 Å². The van der Waals surface area contributed by atoms with Crippen LogP contribution in [0.3, 0.4) is 0 Å². The molecule has 0 saturated carbocycles. The third-order valence-electron chi connectivity index (χ3n) is 3.61. The number of anilines is 1. The lowest BCUT2D eigenvalue weighted by Crippen LogP contribution is -2.17. The Hall–Kier alpha value is -2.03. The highest BCUT2D eigenvalue weighted by Crippen LogP contribution is 2.30. The lowest BCUT2D eigenvalue weighted by Gasteiger charge is -2.18. The Labute approximate surface area is 106 Å². The van der Waals surface area contributed by atoms with Crippen LogP contribution in [0.25, 0.3) is 10.8 Å². The van der Waals surface area contributed by atoms with Gasteiger partial charge in [0.1, 0.15) is 5.75 Å². The summed E-state index contributed by atoms with van der Waals surface area (Å²) >= 11 is 0. The summed E-state index contributed by atoms with van der Waals surface area (Å²) in [4.78, 5) is 13.4. The highest BCUT2D eigenvalue weighted by molar-refractivity contribution is 6.02. The second-order valence-electron chi connectivity index (χ2n) is 4.72. The molecule has 0 spiro atoms. The second-order valence-corrected chi connectivity index (χ2v) is 4.72. The first kappa shape index (κ1) is 11.1.